The number of aryl methyl sites for hydroxylation is 1. The molecule has 136 valence electrons. The van der Waals surface area contributed by atoms with E-state index in [4.69, 9.17) is 0 Å². The van der Waals surface area contributed by atoms with Crippen molar-refractivity contribution in [2.24, 2.45) is 0 Å². The molecule has 1 aromatic carbocycles. The molecule has 1 saturated heterocycles. The minimum atomic E-state index is -0.0906. The van der Waals surface area contributed by atoms with E-state index in [0.29, 0.717) is 38.4 Å². The number of carbonyl (C=O) groups is 2. The molecule has 0 aliphatic carbocycles. The molecule has 26 heavy (non-hydrogen) atoms. The summed E-state index contributed by atoms with van der Waals surface area (Å²) in [4.78, 5) is 31.8. The lowest BCUT2D eigenvalue weighted by Crippen LogP contribution is -2.50. The summed E-state index contributed by atoms with van der Waals surface area (Å²) >= 11 is 0. The predicted molar refractivity (Wildman–Crippen MR) is 101 cm³/mol. The molecule has 1 aliphatic heterocycles. The number of hydrogen-bond acceptors (Lipinski definition) is 4. The third-order valence-electron chi connectivity index (χ3n) is 4.61. The molecular weight excluding hydrogens is 328 g/mol. The van der Waals surface area contributed by atoms with E-state index in [-0.39, 0.29) is 11.8 Å². The van der Waals surface area contributed by atoms with Crippen LogP contribution < -0.4 is 5.32 Å². The molecule has 0 unspecified atom stereocenters. The average molecular weight is 352 g/mol. The first kappa shape index (κ1) is 17.9. The summed E-state index contributed by atoms with van der Waals surface area (Å²) in [6.45, 7) is 6.55. The Hall–Kier alpha value is -2.89. The summed E-state index contributed by atoms with van der Waals surface area (Å²) in [5.41, 5.74) is 3.71. The second-order valence-corrected chi connectivity index (χ2v) is 6.57. The third kappa shape index (κ3) is 4.39. The number of anilines is 1. The first-order chi connectivity index (χ1) is 12.5. The maximum atomic E-state index is 12.7. The summed E-state index contributed by atoms with van der Waals surface area (Å²) in [7, 11) is 0. The van der Waals surface area contributed by atoms with Gasteiger partial charge in [0, 0.05) is 51.5 Å². The molecule has 2 aromatic rings. The number of carbonyl (C=O) groups excluding carboxylic acids is 2. The first-order valence-corrected chi connectivity index (χ1v) is 8.83. The topological polar surface area (TPSA) is 65.5 Å². The van der Waals surface area contributed by atoms with E-state index in [0.717, 1.165) is 5.69 Å². The maximum absolute atomic E-state index is 12.7. The summed E-state index contributed by atoms with van der Waals surface area (Å²) in [5, 5.41) is 3.34. The molecular formula is C20H24N4O2. The van der Waals surface area contributed by atoms with E-state index in [1.807, 2.05) is 6.07 Å². The number of nitrogens with one attached hydrogen (secondary N) is 1. The Labute approximate surface area is 153 Å². The fourth-order valence-corrected chi connectivity index (χ4v) is 2.95. The maximum Gasteiger partial charge on any atom is 0.272 e. The summed E-state index contributed by atoms with van der Waals surface area (Å²) < 4.78 is 0. The first-order valence-electron chi connectivity index (χ1n) is 8.83. The van der Waals surface area contributed by atoms with Crippen LogP contribution in [0, 0.1) is 6.92 Å². The monoisotopic (exact) mass is 352 g/mol. The number of hydrogen-bond donors (Lipinski definition) is 1. The zero-order valence-electron chi connectivity index (χ0n) is 15.2. The van der Waals surface area contributed by atoms with Crippen molar-refractivity contribution in [1.29, 1.82) is 0 Å². The fraction of sp³-hybridized carbons (Fsp3) is 0.350. The van der Waals surface area contributed by atoms with Gasteiger partial charge in [0.1, 0.15) is 5.69 Å². The van der Waals surface area contributed by atoms with E-state index in [1.54, 1.807) is 29.0 Å². The standard InChI is InChI=1S/C20H24N4O2/c1-15-3-5-17(6-4-15)14-22-18-7-8-21-19(13-18)20(26)24-11-9-23(10-12-24)16(2)25/h3-8,13H,9-12,14H2,1-2H3,(H,21,22). The van der Waals surface area contributed by atoms with Gasteiger partial charge in [-0.05, 0) is 24.6 Å². The quantitative estimate of drug-likeness (QED) is 0.917. The highest BCUT2D eigenvalue weighted by atomic mass is 16.2. The van der Waals surface area contributed by atoms with Crippen LogP contribution >= 0.6 is 0 Å². The van der Waals surface area contributed by atoms with Crippen molar-refractivity contribution in [2.75, 3.05) is 31.5 Å². The Morgan fingerprint density at radius 2 is 1.69 bits per heavy atom. The average Bonchev–Trinajstić information content (AvgIpc) is 2.67. The molecule has 0 saturated carbocycles. The molecule has 3 rings (SSSR count). The van der Waals surface area contributed by atoms with Crippen LogP contribution in [0.15, 0.2) is 42.6 Å². The number of benzene rings is 1. The minimum absolute atomic E-state index is 0.0533. The minimum Gasteiger partial charge on any atom is -0.381 e. The molecule has 2 amide bonds. The van der Waals surface area contributed by atoms with Crippen LogP contribution in [0.4, 0.5) is 5.69 Å². The lowest BCUT2D eigenvalue weighted by Gasteiger charge is -2.34. The number of pyridine rings is 1. The van der Waals surface area contributed by atoms with Gasteiger partial charge in [-0.15, -0.1) is 0 Å². The second kappa shape index (κ2) is 7.99. The van der Waals surface area contributed by atoms with Crippen LogP contribution in [-0.2, 0) is 11.3 Å². The SMILES string of the molecule is CC(=O)N1CCN(C(=O)c2cc(NCc3ccc(C)cc3)ccn2)CC1. The van der Waals surface area contributed by atoms with E-state index in [1.165, 1.54) is 11.1 Å². The molecule has 1 N–H and O–H groups in total. The van der Waals surface area contributed by atoms with Crippen molar-refractivity contribution in [3.05, 3.63) is 59.4 Å². The zero-order valence-corrected chi connectivity index (χ0v) is 15.2. The van der Waals surface area contributed by atoms with Gasteiger partial charge in [0.05, 0.1) is 0 Å². The Balaban J connectivity index is 1.60. The molecule has 6 heteroatoms. The Kier molecular flexibility index (Phi) is 5.51. The molecule has 0 spiro atoms. The van der Waals surface area contributed by atoms with Crippen LogP contribution in [0.2, 0.25) is 0 Å². The second-order valence-electron chi connectivity index (χ2n) is 6.57. The van der Waals surface area contributed by atoms with Crippen LogP contribution in [-0.4, -0.2) is 52.8 Å². The highest BCUT2D eigenvalue weighted by Gasteiger charge is 2.24. The summed E-state index contributed by atoms with van der Waals surface area (Å²) in [5.74, 6) is -0.0373. The molecule has 0 radical (unpaired) electrons. The molecule has 6 nitrogen and oxygen atoms in total. The number of nitrogens with zero attached hydrogens (tertiary/aromatic N) is 3. The Bertz CT molecular complexity index is 781. The molecule has 0 atom stereocenters. The van der Waals surface area contributed by atoms with Crippen LogP contribution in [0.1, 0.15) is 28.5 Å². The number of piperazine rings is 1. The van der Waals surface area contributed by atoms with Crippen molar-refractivity contribution < 1.29 is 9.59 Å². The lowest BCUT2D eigenvalue weighted by molar-refractivity contribution is -0.130. The van der Waals surface area contributed by atoms with Crippen molar-refractivity contribution >= 4 is 17.5 Å². The van der Waals surface area contributed by atoms with Crippen molar-refractivity contribution in [2.45, 2.75) is 20.4 Å². The summed E-state index contributed by atoms with van der Waals surface area (Å²) in [6.07, 6.45) is 1.65. The van der Waals surface area contributed by atoms with Gasteiger partial charge in [0.2, 0.25) is 5.91 Å². The van der Waals surface area contributed by atoms with Crippen LogP contribution in [0.25, 0.3) is 0 Å². The van der Waals surface area contributed by atoms with Crippen LogP contribution in [0.5, 0.6) is 0 Å². The normalized spacial score (nSPS) is 14.2. The molecule has 1 aromatic heterocycles. The van der Waals surface area contributed by atoms with E-state index < -0.39 is 0 Å². The largest absolute Gasteiger partial charge is 0.381 e. The predicted octanol–water partition coefficient (Wildman–Crippen LogP) is 2.31. The fourth-order valence-electron chi connectivity index (χ4n) is 2.95. The van der Waals surface area contributed by atoms with Gasteiger partial charge in [-0.1, -0.05) is 29.8 Å². The highest BCUT2D eigenvalue weighted by molar-refractivity contribution is 5.93. The Morgan fingerprint density at radius 3 is 2.35 bits per heavy atom. The highest BCUT2D eigenvalue weighted by Crippen LogP contribution is 2.14. The molecule has 0 bridgehead atoms. The van der Waals surface area contributed by atoms with E-state index in [9.17, 15) is 9.59 Å². The van der Waals surface area contributed by atoms with Gasteiger partial charge in [0.15, 0.2) is 0 Å². The third-order valence-corrected chi connectivity index (χ3v) is 4.61. The lowest BCUT2D eigenvalue weighted by atomic mass is 10.1. The number of aromatic nitrogens is 1. The molecule has 2 heterocycles. The van der Waals surface area contributed by atoms with Gasteiger partial charge >= 0.3 is 0 Å². The van der Waals surface area contributed by atoms with Crippen molar-refractivity contribution in [3.63, 3.8) is 0 Å². The Morgan fingerprint density at radius 1 is 1.04 bits per heavy atom. The number of amides is 2. The van der Waals surface area contributed by atoms with Gasteiger partial charge in [0.25, 0.3) is 5.91 Å². The van der Waals surface area contributed by atoms with Crippen molar-refractivity contribution in [1.82, 2.24) is 14.8 Å². The van der Waals surface area contributed by atoms with Gasteiger partial charge in [-0.25, -0.2) is 0 Å². The van der Waals surface area contributed by atoms with Gasteiger partial charge in [-0.2, -0.15) is 0 Å². The van der Waals surface area contributed by atoms with E-state index >= 15 is 0 Å². The summed E-state index contributed by atoms with van der Waals surface area (Å²) in [6, 6.07) is 12.0. The molecule has 1 fully saturated rings. The molecule has 1 aliphatic rings. The number of rotatable bonds is 4. The van der Waals surface area contributed by atoms with Gasteiger partial charge < -0.3 is 15.1 Å². The van der Waals surface area contributed by atoms with Crippen LogP contribution in [0.3, 0.4) is 0 Å². The smallest absolute Gasteiger partial charge is 0.272 e. The van der Waals surface area contributed by atoms with Gasteiger partial charge in [-0.3, -0.25) is 14.6 Å². The van der Waals surface area contributed by atoms with Crippen molar-refractivity contribution in [3.8, 4) is 0 Å². The van der Waals surface area contributed by atoms with E-state index in [2.05, 4.69) is 41.5 Å². The zero-order chi connectivity index (χ0) is 18.5.